The number of anilines is 1. The molecule has 0 atom stereocenters. The van der Waals surface area contributed by atoms with Crippen molar-refractivity contribution in [3.05, 3.63) is 82.8 Å². The van der Waals surface area contributed by atoms with Gasteiger partial charge in [-0.3, -0.25) is 4.57 Å². The Labute approximate surface area is 169 Å². The molecule has 0 saturated carbocycles. The summed E-state index contributed by atoms with van der Waals surface area (Å²) in [6.07, 6.45) is 0. The van der Waals surface area contributed by atoms with Crippen molar-refractivity contribution in [1.29, 1.82) is 0 Å². The van der Waals surface area contributed by atoms with Crippen molar-refractivity contribution in [2.75, 3.05) is 5.73 Å². The molecule has 3 rings (SSSR count). The summed E-state index contributed by atoms with van der Waals surface area (Å²) in [5.41, 5.74) is 7.72. The highest BCUT2D eigenvalue weighted by Crippen LogP contribution is 2.49. The van der Waals surface area contributed by atoms with E-state index in [9.17, 15) is 4.57 Å². The van der Waals surface area contributed by atoms with Gasteiger partial charge < -0.3 is 10.3 Å². The van der Waals surface area contributed by atoms with Gasteiger partial charge in [0.05, 0.1) is 16.3 Å². The monoisotopic (exact) mass is 443 g/mol. The number of benzene rings is 3. The first kappa shape index (κ1) is 19.7. The maximum absolute atomic E-state index is 14.1. The second-order valence-electron chi connectivity index (χ2n) is 7.43. The van der Waals surface area contributed by atoms with E-state index in [0.717, 1.165) is 10.0 Å². The van der Waals surface area contributed by atoms with Crippen LogP contribution < -0.4 is 20.9 Å². The Hall–Kier alpha value is -2.03. The minimum absolute atomic E-state index is 0.171. The summed E-state index contributed by atoms with van der Waals surface area (Å²) in [4.78, 5) is 0. The van der Waals surface area contributed by atoms with E-state index in [-0.39, 0.29) is 5.41 Å². The molecule has 3 aromatic carbocycles. The highest BCUT2D eigenvalue weighted by atomic mass is 79.9. The van der Waals surface area contributed by atoms with Crippen LogP contribution in [0.25, 0.3) is 0 Å². The molecule has 0 aromatic heterocycles. The van der Waals surface area contributed by atoms with E-state index in [1.165, 1.54) is 0 Å². The van der Waals surface area contributed by atoms with Gasteiger partial charge in [0.25, 0.3) is 0 Å². The van der Waals surface area contributed by atoms with E-state index in [1.807, 2.05) is 66.7 Å². The van der Waals surface area contributed by atoms with Gasteiger partial charge in [-0.1, -0.05) is 73.1 Å². The highest BCUT2D eigenvalue weighted by molar-refractivity contribution is 9.10. The first-order valence-electron chi connectivity index (χ1n) is 8.72. The van der Waals surface area contributed by atoms with Crippen LogP contribution in [0.3, 0.4) is 0 Å². The third-order valence-electron chi connectivity index (χ3n) is 4.33. The van der Waals surface area contributed by atoms with E-state index in [1.54, 1.807) is 6.07 Å². The molecule has 0 aliphatic rings. The Morgan fingerprint density at radius 1 is 0.889 bits per heavy atom. The molecule has 0 fully saturated rings. The van der Waals surface area contributed by atoms with Gasteiger partial charge in [-0.25, -0.2) is 0 Å². The Morgan fingerprint density at radius 3 is 1.81 bits per heavy atom. The molecule has 0 saturated heterocycles. The molecule has 2 N–H and O–H groups in total. The maximum atomic E-state index is 14.1. The van der Waals surface area contributed by atoms with Gasteiger partial charge in [-0.15, -0.1) is 0 Å². The van der Waals surface area contributed by atoms with Crippen LogP contribution in [-0.4, -0.2) is 0 Å². The van der Waals surface area contributed by atoms with Crippen LogP contribution in [0.1, 0.15) is 26.3 Å². The van der Waals surface area contributed by atoms with Crippen molar-refractivity contribution < 1.29 is 9.09 Å². The molecule has 0 radical (unpaired) electrons. The van der Waals surface area contributed by atoms with Crippen molar-refractivity contribution in [1.82, 2.24) is 0 Å². The zero-order valence-corrected chi connectivity index (χ0v) is 18.1. The maximum Gasteiger partial charge on any atom is 0.306 e. The number of halogens is 1. The number of nitrogen functional groups attached to an aromatic ring is 1. The van der Waals surface area contributed by atoms with Crippen molar-refractivity contribution in [2.24, 2.45) is 0 Å². The lowest BCUT2D eigenvalue weighted by molar-refractivity contribution is 0.501. The first-order valence-corrected chi connectivity index (χ1v) is 11.1. The van der Waals surface area contributed by atoms with Crippen LogP contribution in [0.15, 0.2) is 77.3 Å². The zero-order valence-electron chi connectivity index (χ0n) is 15.6. The summed E-state index contributed by atoms with van der Waals surface area (Å²) in [5, 5.41) is 1.26. The van der Waals surface area contributed by atoms with Crippen LogP contribution in [0.4, 0.5) is 5.69 Å². The van der Waals surface area contributed by atoms with Crippen LogP contribution in [0.5, 0.6) is 5.75 Å². The third kappa shape index (κ3) is 4.12. The molecular weight excluding hydrogens is 421 g/mol. The molecule has 0 spiro atoms. The zero-order chi connectivity index (χ0) is 19.7. The lowest BCUT2D eigenvalue weighted by Gasteiger charge is -2.26. The predicted octanol–water partition coefficient (Wildman–Crippen LogP) is 5.64. The molecule has 27 heavy (non-hydrogen) atoms. The van der Waals surface area contributed by atoms with Crippen LogP contribution in [0, 0.1) is 0 Å². The van der Waals surface area contributed by atoms with Gasteiger partial charge in [0.1, 0.15) is 0 Å². The largest absolute Gasteiger partial charge is 0.435 e. The summed E-state index contributed by atoms with van der Waals surface area (Å²) in [5.74, 6) is 0.422. The summed E-state index contributed by atoms with van der Waals surface area (Å²) in [7, 11) is -3.37. The lowest BCUT2D eigenvalue weighted by atomic mass is 9.86. The molecular formula is C22H23BrNO2P. The summed E-state index contributed by atoms with van der Waals surface area (Å²) in [6.45, 7) is 6.26. The minimum atomic E-state index is -3.37. The molecule has 0 amide bonds. The van der Waals surface area contributed by atoms with Crippen molar-refractivity contribution in [3.8, 4) is 5.75 Å². The normalized spacial score (nSPS) is 12.0. The number of hydrogen-bond acceptors (Lipinski definition) is 3. The minimum Gasteiger partial charge on any atom is -0.435 e. The molecule has 0 bridgehead atoms. The summed E-state index contributed by atoms with van der Waals surface area (Å²) >= 11 is 3.53. The molecule has 0 unspecified atom stereocenters. The predicted molar refractivity (Wildman–Crippen MR) is 118 cm³/mol. The highest BCUT2D eigenvalue weighted by Gasteiger charge is 2.32. The third-order valence-corrected chi connectivity index (χ3v) is 7.20. The summed E-state index contributed by atoms with van der Waals surface area (Å²) in [6, 6.07) is 22.3. The molecule has 3 aromatic rings. The van der Waals surface area contributed by atoms with Gasteiger partial charge in [-0.2, -0.15) is 0 Å². The number of hydrogen-bond donors (Lipinski definition) is 1. The number of nitrogens with two attached hydrogens (primary N) is 1. The quantitative estimate of drug-likeness (QED) is 0.419. The molecule has 0 aliphatic carbocycles. The lowest BCUT2D eigenvalue weighted by Crippen LogP contribution is -2.21. The molecule has 3 nitrogen and oxygen atoms in total. The van der Waals surface area contributed by atoms with Gasteiger partial charge >= 0.3 is 7.37 Å². The smallest absolute Gasteiger partial charge is 0.306 e. The summed E-state index contributed by atoms with van der Waals surface area (Å²) < 4.78 is 21.2. The van der Waals surface area contributed by atoms with Crippen molar-refractivity contribution in [3.63, 3.8) is 0 Å². The molecule has 140 valence electrons. The topological polar surface area (TPSA) is 52.3 Å². The SMILES string of the molecule is CC(C)(C)c1cc(Br)cc(OP(=O)(c2ccccc2)c2ccccc2)c1N. The Bertz CT molecular complexity index is 939. The van der Waals surface area contributed by atoms with E-state index >= 15 is 0 Å². The van der Waals surface area contributed by atoms with Gasteiger partial charge in [0.2, 0.25) is 0 Å². The van der Waals surface area contributed by atoms with Crippen LogP contribution in [-0.2, 0) is 9.98 Å². The van der Waals surface area contributed by atoms with Gasteiger partial charge in [-0.05, 0) is 47.4 Å². The fraction of sp³-hybridized carbons (Fsp3) is 0.182. The average Bonchev–Trinajstić information content (AvgIpc) is 2.65. The van der Waals surface area contributed by atoms with Gasteiger partial charge in [0.15, 0.2) is 5.75 Å². The standard InChI is InChI=1S/C22H23BrNO2P/c1-22(2,3)19-14-16(23)15-20(21(19)24)26-27(25,17-10-6-4-7-11-17)18-12-8-5-9-13-18/h4-15H,24H2,1-3H3. The van der Waals surface area contributed by atoms with Gasteiger partial charge in [0, 0.05) is 4.47 Å². The van der Waals surface area contributed by atoms with E-state index in [2.05, 4.69) is 36.7 Å². The van der Waals surface area contributed by atoms with E-state index in [0.29, 0.717) is 22.0 Å². The Kier molecular flexibility index (Phi) is 5.50. The van der Waals surface area contributed by atoms with E-state index < -0.39 is 7.37 Å². The molecule has 0 heterocycles. The first-order chi connectivity index (χ1) is 12.7. The van der Waals surface area contributed by atoms with Crippen molar-refractivity contribution in [2.45, 2.75) is 26.2 Å². The van der Waals surface area contributed by atoms with E-state index in [4.69, 9.17) is 10.3 Å². The Morgan fingerprint density at radius 2 is 1.37 bits per heavy atom. The second-order valence-corrected chi connectivity index (χ2v) is 10.7. The van der Waals surface area contributed by atoms with Crippen LogP contribution in [0.2, 0.25) is 0 Å². The van der Waals surface area contributed by atoms with Crippen LogP contribution >= 0.6 is 23.3 Å². The number of rotatable bonds is 4. The fourth-order valence-electron chi connectivity index (χ4n) is 2.93. The second kappa shape index (κ2) is 7.53. The Balaban J connectivity index is 2.18. The molecule has 5 heteroatoms. The van der Waals surface area contributed by atoms with Crippen molar-refractivity contribution >= 4 is 39.6 Å². The molecule has 0 aliphatic heterocycles. The average molecular weight is 444 g/mol. The fourth-order valence-corrected chi connectivity index (χ4v) is 5.43.